The molecule has 9 heteroatoms. The average molecular weight is 447 g/mol. The Kier molecular flexibility index (Phi) is 6.22. The SMILES string of the molecule is O=C(COc1ccccc1)N1CCCC[C@@H]1c1csc(-c2ccc(C(F)(F)F)nc2)n1. The lowest BCUT2D eigenvalue weighted by Gasteiger charge is -2.34. The molecule has 162 valence electrons. The van der Waals surface area contributed by atoms with Crippen LogP contribution in [-0.4, -0.2) is 33.9 Å². The Hall–Kier alpha value is -2.94. The van der Waals surface area contributed by atoms with Crippen LogP contribution in [0.5, 0.6) is 5.75 Å². The van der Waals surface area contributed by atoms with Gasteiger partial charge in [0.15, 0.2) is 6.61 Å². The van der Waals surface area contributed by atoms with Gasteiger partial charge in [0.25, 0.3) is 5.91 Å². The highest BCUT2D eigenvalue weighted by Crippen LogP contribution is 2.35. The predicted molar refractivity (Wildman–Crippen MR) is 111 cm³/mol. The van der Waals surface area contributed by atoms with Crippen LogP contribution in [0.1, 0.15) is 36.7 Å². The molecule has 1 saturated heterocycles. The van der Waals surface area contributed by atoms with Gasteiger partial charge in [0.2, 0.25) is 0 Å². The van der Waals surface area contributed by atoms with Gasteiger partial charge in [0.1, 0.15) is 16.5 Å². The summed E-state index contributed by atoms with van der Waals surface area (Å²) >= 11 is 1.33. The zero-order valence-corrected chi connectivity index (χ0v) is 17.3. The van der Waals surface area contributed by atoms with Gasteiger partial charge < -0.3 is 9.64 Å². The van der Waals surface area contributed by atoms with E-state index in [2.05, 4.69) is 9.97 Å². The molecule has 31 heavy (non-hydrogen) atoms. The molecule has 1 amide bonds. The van der Waals surface area contributed by atoms with Crippen LogP contribution < -0.4 is 4.74 Å². The Bertz CT molecular complexity index is 1020. The molecule has 0 radical (unpaired) electrons. The molecule has 0 aliphatic carbocycles. The lowest BCUT2D eigenvalue weighted by molar-refractivity contribution is -0.141. The number of alkyl halides is 3. The van der Waals surface area contributed by atoms with Gasteiger partial charge in [0.05, 0.1) is 11.7 Å². The molecule has 0 bridgehead atoms. The summed E-state index contributed by atoms with van der Waals surface area (Å²) in [5.74, 6) is 0.523. The van der Waals surface area contributed by atoms with Crippen molar-refractivity contribution >= 4 is 17.2 Å². The second kappa shape index (κ2) is 9.05. The highest BCUT2D eigenvalue weighted by Gasteiger charge is 2.33. The van der Waals surface area contributed by atoms with Gasteiger partial charge in [-0.3, -0.25) is 9.78 Å². The molecule has 4 rings (SSSR count). The van der Waals surface area contributed by atoms with E-state index in [1.165, 1.54) is 23.6 Å². The smallest absolute Gasteiger partial charge is 0.433 e. The van der Waals surface area contributed by atoms with Crippen molar-refractivity contribution < 1.29 is 22.7 Å². The summed E-state index contributed by atoms with van der Waals surface area (Å²) in [5.41, 5.74) is 0.327. The molecule has 1 aromatic carbocycles. The topological polar surface area (TPSA) is 55.3 Å². The van der Waals surface area contributed by atoms with Gasteiger partial charge >= 0.3 is 6.18 Å². The Balaban J connectivity index is 1.47. The van der Waals surface area contributed by atoms with E-state index in [4.69, 9.17) is 4.74 Å². The number of halogens is 3. The molecule has 5 nitrogen and oxygen atoms in total. The number of amides is 1. The number of para-hydroxylation sites is 1. The van der Waals surface area contributed by atoms with Crippen LogP contribution in [0.2, 0.25) is 0 Å². The van der Waals surface area contributed by atoms with Crippen molar-refractivity contribution in [1.29, 1.82) is 0 Å². The average Bonchev–Trinajstić information content (AvgIpc) is 3.28. The van der Waals surface area contributed by atoms with Crippen LogP contribution in [0.3, 0.4) is 0 Å². The molecule has 1 fully saturated rings. The molecule has 1 aliphatic rings. The number of carbonyl (C=O) groups excluding carboxylic acids is 1. The number of benzene rings is 1. The summed E-state index contributed by atoms with van der Waals surface area (Å²) < 4.78 is 43.8. The van der Waals surface area contributed by atoms with Crippen molar-refractivity contribution in [3.05, 3.63) is 65.4 Å². The standard InChI is InChI=1S/C22H20F3N3O2S/c23-22(24,25)19-10-9-15(12-26-19)21-27-17(14-31-21)18-8-4-5-11-28(18)20(29)13-30-16-6-2-1-3-7-16/h1-3,6-7,9-10,12,14,18H,4-5,8,11,13H2/t18-/m1/s1. The second-order valence-corrected chi connectivity index (χ2v) is 8.07. The maximum Gasteiger partial charge on any atom is 0.433 e. The van der Waals surface area contributed by atoms with Crippen LogP contribution >= 0.6 is 11.3 Å². The Morgan fingerprint density at radius 3 is 2.68 bits per heavy atom. The molecule has 3 aromatic rings. The van der Waals surface area contributed by atoms with Crippen molar-refractivity contribution in [1.82, 2.24) is 14.9 Å². The Morgan fingerprint density at radius 1 is 1.16 bits per heavy atom. The van der Waals surface area contributed by atoms with Gasteiger partial charge in [-0.15, -0.1) is 11.3 Å². The first-order valence-electron chi connectivity index (χ1n) is 9.88. The van der Waals surface area contributed by atoms with Gasteiger partial charge in [-0.05, 0) is 43.5 Å². The van der Waals surface area contributed by atoms with Crippen LogP contribution in [0.4, 0.5) is 13.2 Å². The van der Waals surface area contributed by atoms with E-state index in [0.717, 1.165) is 31.0 Å². The maximum absolute atomic E-state index is 12.8. The number of nitrogens with zero attached hydrogens (tertiary/aromatic N) is 3. The summed E-state index contributed by atoms with van der Waals surface area (Å²) in [4.78, 5) is 22.7. The van der Waals surface area contributed by atoms with E-state index >= 15 is 0 Å². The number of rotatable bonds is 5. The number of thiazole rings is 1. The number of ether oxygens (including phenoxy) is 1. The monoisotopic (exact) mass is 447 g/mol. The lowest BCUT2D eigenvalue weighted by Crippen LogP contribution is -2.41. The van der Waals surface area contributed by atoms with Gasteiger partial charge in [-0.1, -0.05) is 18.2 Å². The second-order valence-electron chi connectivity index (χ2n) is 7.21. The molecule has 0 spiro atoms. The molecule has 1 atom stereocenters. The molecule has 1 aliphatic heterocycles. The molecule has 3 heterocycles. The summed E-state index contributed by atoms with van der Waals surface area (Å²) in [5, 5.41) is 2.44. The fourth-order valence-corrected chi connectivity index (χ4v) is 4.40. The highest BCUT2D eigenvalue weighted by atomic mass is 32.1. The van der Waals surface area contributed by atoms with Crippen molar-refractivity contribution in [3.63, 3.8) is 0 Å². The first-order chi connectivity index (χ1) is 14.9. The quantitative estimate of drug-likeness (QED) is 0.529. The maximum atomic E-state index is 12.8. The predicted octanol–water partition coefficient (Wildman–Crippen LogP) is 5.36. The molecule has 2 aromatic heterocycles. The third kappa shape index (κ3) is 5.04. The van der Waals surface area contributed by atoms with E-state index in [1.807, 2.05) is 23.6 Å². The summed E-state index contributed by atoms with van der Waals surface area (Å²) in [6, 6.07) is 11.3. The molecule has 0 N–H and O–H groups in total. The fourth-order valence-electron chi connectivity index (χ4n) is 3.54. The number of hydrogen-bond acceptors (Lipinski definition) is 5. The van der Waals surface area contributed by atoms with Crippen molar-refractivity contribution in [2.24, 2.45) is 0 Å². The van der Waals surface area contributed by atoms with Crippen molar-refractivity contribution in [2.75, 3.05) is 13.2 Å². The van der Waals surface area contributed by atoms with Gasteiger partial charge in [-0.25, -0.2) is 4.98 Å². The zero-order valence-electron chi connectivity index (χ0n) is 16.5. The third-order valence-electron chi connectivity index (χ3n) is 5.09. The fraction of sp³-hybridized carbons (Fsp3) is 0.318. The number of hydrogen-bond donors (Lipinski definition) is 0. The van der Waals surface area contributed by atoms with Crippen molar-refractivity contribution in [3.8, 4) is 16.3 Å². The highest BCUT2D eigenvalue weighted by molar-refractivity contribution is 7.13. The van der Waals surface area contributed by atoms with Crippen LogP contribution in [0, 0.1) is 0 Å². The van der Waals surface area contributed by atoms with Crippen LogP contribution in [0.15, 0.2) is 54.0 Å². The van der Waals surface area contributed by atoms with E-state index < -0.39 is 11.9 Å². The van der Waals surface area contributed by atoms with Crippen LogP contribution in [0.25, 0.3) is 10.6 Å². The van der Waals surface area contributed by atoms with Crippen molar-refractivity contribution in [2.45, 2.75) is 31.5 Å². The van der Waals surface area contributed by atoms with E-state index in [0.29, 0.717) is 22.9 Å². The van der Waals surface area contributed by atoms with Gasteiger partial charge in [0, 0.05) is 23.7 Å². The number of carbonyl (C=O) groups is 1. The summed E-state index contributed by atoms with van der Waals surface area (Å²) in [6.45, 7) is 0.566. The number of pyridine rings is 1. The summed E-state index contributed by atoms with van der Waals surface area (Å²) in [7, 11) is 0. The number of aromatic nitrogens is 2. The van der Waals surface area contributed by atoms with Gasteiger partial charge in [-0.2, -0.15) is 13.2 Å². The molecule has 0 unspecified atom stereocenters. The lowest BCUT2D eigenvalue weighted by atomic mass is 10.00. The molecule has 0 saturated carbocycles. The van der Waals surface area contributed by atoms with E-state index in [-0.39, 0.29) is 18.6 Å². The Labute approximate surface area is 181 Å². The largest absolute Gasteiger partial charge is 0.484 e. The zero-order chi connectivity index (χ0) is 21.8. The third-order valence-corrected chi connectivity index (χ3v) is 6.00. The minimum Gasteiger partial charge on any atom is -0.484 e. The van der Waals surface area contributed by atoms with E-state index in [9.17, 15) is 18.0 Å². The van der Waals surface area contributed by atoms with Crippen LogP contribution in [-0.2, 0) is 11.0 Å². The van der Waals surface area contributed by atoms with E-state index in [1.54, 1.807) is 17.0 Å². The normalized spacial score (nSPS) is 16.9. The minimum absolute atomic E-state index is 0.0552. The summed E-state index contributed by atoms with van der Waals surface area (Å²) in [6.07, 6.45) is -0.623. The Morgan fingerprint density at radius 2 is 1.97 bits per heavy atom. The molecular formula is C22H20F3N3O2S. The molecular weight excluding hydrogens is 427 g/mol. The first-order valence-corrected chi connectivity index (χ1v) is 10.8. The minimum atomic E-state index is -4.47. The first kappa shape index (κ1) is 21.3. The number of piperidine rings is 1. The number of likely N-dealkylation sites (tertiary alicyclic amines) is 1.